The number of carboxylic acids is 1. The van der Waals surface area contributed by atoms with E-state index in [1.807, 2.05) is 35.2 Å². The fraction of sp³-hybridized carbons (Fsp3) is 0.579. The fourth-order valence-electron chi connectivity index (χ4n) is 3.42. The van der Waals surface area contributed by atoms with Crippen LogP contribution in [0.1, 0.15) is 45.1 Å². The minimum atomic E-state index is -0.830. The van der Waals surface area contributed by atoms with Crippen molar-refractivity contribution in [1.29, 1.82) is 0 Å². The fourth-order valence-corrected chi connectivity index (χ4v) is 3.42. The molecular weight excluding hydrogens is 304 g/mol. The summed E-state index contributed by atoms with van der Waals surface area (Å²) in [5, 5.41) is 12.0. The second-order valence-corrected chi connectivity index (χ2v) is 6.92. The van der Waals surface area contributed by atoms with Gasteiger partial charge in [0.05, 0.1) is 0 Å². The van der Waals surface area contributed by atoms with Gasteiger partial charge in [-0.05, 0) is 37.2 Å². The van der Waals surface area contributed by atoms with Crippen LogP contribution in [0, 0.1) is 5.92 Å². The van der Waals surface area contributed by atoms with Crippen LogP contribution in [0.5, 0.6) is 0 Å². The lowest BCUT2D eigenvalue weighted by Gasteiger charge is -2.30. The highest BCUT2D eigenvalue weighted by molar-refractivity contribution is 5.75. The summed E-state index contributed by atoms with van der Waals surface area (Å²) in [7, 11) is 0. The molecule has 0 bridgehead atoms. The highest BCUT2D eigenvalue weighted by atomic mass is 16.4. The van der Waals surface area contributed by atoms with E-state index in [1.165, 1.54) is 0 Å². The number of amides is 2. The molecule has 0 spiro atoms. The SMILES string of the molecule is CC(C)C1CCCN1C(=O)NC(CCC(=O)O)Cc1ccccc1. The molecule has 1 aliphatic heterocycles. The van der Waals surface area contributed by atoms with E-state index < -0.39 is 5.97 Å². The normalized spacial score (nSPS) is 18.6. The lowest BCUT2D eigenvalue weighted by molar-refractivity contribution is -0.137. The van der Waals surface area contributed by atoms with Crippen molar-refractivity contribution in [3.63, 3.8) is 0 Å². The van der Waals surface area contributed by atoms with Crippen molar-refractivity contribution < 1.29 is 14.7 Å². The Hall–Kier alpha value is -2.04. The first-order valence-corrected chi connectivity index (χ1v) is 8.80. The third-order valence-corrected chi connectivity index (χ3v) is 4.69. The van der Waals surface area contributed by atoms with Crippen molar-refractivity contribution in [2.45, 2.75) is 58.0 Å². The zero-order valence-corrected chi connectivity index (χ0v) is 14.6. The second-order valence-electron chi connectivity index (χ2n) is 6.92. The Morgan fingerprint density at radius 2 is 2.00 bits per heavy atom. The van der Waals surface area contributed by atoms with Gasteiger partial charge in [-0.15, -0.1) is 0 Å². The first-order chi connectivity index (χ1) is 11.5. The van der Waals surface area contributed by atoms with Gasteiger partial charge < -0.3 is 15.3 Å². The molecule has 2 atom stereocenters. The Labute approximate surface area is 144 Å². The van der Waals surface area contributed by atoms with Gasteiger partial charge in [-0.3, -0.25) is 4.79 Å². The summed E-state index contributed by atoms with van der Waals surface area (Å²) in [5.41, 5.74) is 1.11. The molecule has 1 heterocycles. The molecule has 0 aromatic heterocycles. The maximum absolute atomic E-state index is 12.7. The molecule has 1 fully saturated rings. The van der Waals surface area contributed by atoms with Crippen LogP contribution in [0.25, 0.3) is 0 Å². The largest absolute Gasteiger partial charge is 0.481 e. The number of rotatable bonds is 7. The minimum absolute atomic E-state index is 0.0579. The highest BCUT2D eigenvalue weighted by Crippen LogP contribution is 2.24. The molecule has 2 amide bonds. The standard InChI is InChI=1S/C19H28N2O3/c1-14(2)17-9-6-12-21(17)19(24)20-16(10-11-18(22)23)13-15-7-4-3-5-8-15/h3-5,7-8,14,16-17H,6,9-13H2,1-2H3,(H,20,24)(H,22,23). The summed E-state index contributed by atoms with van der Waals surface area (Å²) in [6, 6.07) is 9.94. The van der Waals surface area contributed by atoms with Crippen LogP contribution in [-0.2, 0) is 11.2 Å². The molecular formula is C19H28N2O3. The predicted molar refractivity (Wildman–Crippen MR) is 93.9 cm³/mol. The van der Waals surface area contributed by atoms with E-state index >= 15 is 0 Å². The van der Waals surface area contributed by atoms with Crippen LogP contribution in [0.2, 0.25) is 0 Å². The molecule has 2 N–H and O–H groups in total. The van der Waals surface area contributed by atoms with Crippen molar-refractivity contribution in [2.75, 3.05) is 6.54 Å². The monoisotopic (exact) mass is 332 g/mol. The summed E-state index contributed by atoms with van der Waals surface area (Å²) >= 11 is 0. The molecule has 0 radical (unpaired) electrons. The molecule has 2 unspecified atom stereocenters. The van der Waals surface area contributed by atoms with Crippen LogP contribution in [0.3, 0.4) is 0 Å². The molecule has 1 aliphatic rings. The molecule has 0 aliphatic carbocycles. The average Bonchev–Trinajstić information content (AvgIpc) is 3.03. The van der Waals surface area contributed by atoms with Gasteiger partial charge in [0, 0.05) is 25.0 Å². The highest BCUT2D eigenvalue weighted by Gasteiger charge is 2.31. The second kappa shape index (κ2) is 8.71. The van der Waals surface area contributed by atoms with E-state index in [9.17, 15) is 9.59 Å². The number of hydrogen-bond acceptors (Lipinski definition) is 2. The van der Waals surface area contributed by atoms with Gasteiger partial charge in [0.25, 0.3) is 0 Å². The van der Waals surface area contributed by atoms with E-state index in [2.05, 4.69) is 19.2 Å². The van der Waals surface area contributed by atoms with E-state index in [1.54, 1.807) is 0 Å². The van der Waals surface area contributed by atoms with Gasteiger partial charge in [0.15, 0.2) is 0 Å². The third-order valence-electron chi connectivity index (χ3n) is 4.69. The van der Waals surface area contributed by atoms with E-state index in [4.69, 9.17) is 5.11 Å². The number of benzene rings is 1. The van der Waals surface area contributed by atoms with Gasteiger partial charge in [-0.1, -0.05) is 44.2 Å². The molecule has 24 heavy (non-hydrogen) atoms. The number of hydrogen-bond donors (Lipinski definition) is 2. The Kier molecular flexibility index (Phi) is 6.64. The molecule has 5 nitrogen and oxygen atoms in total. The molecule has 132 valence electrons. The Morgan fingerprint density at radius 1 is 1.29 bits per heavy atom. The number of nitrogens with one attached hydrogen (secondary N) is 1. The van der Waals surface area contributed by atoms with Gasteiger partial charge in [0.2, 0.25) is 0 Å². The maximum Gasteiger partial charge on any atom is 0.317 e. The number of likely N-dealkylation sites (tertiary alicyclic amines) is 1. The Bertz CT molecular complexity index is 545. The topological polar surface area (TPSA) is 69.6 Å². The van der Waals surface area contributed by atoms with Crippen LogP contribution in [-0.4, -0.2) is 40.6 Å². The number of aliphatic carboxylic acids is 1. The van der Waals surface area contributed by atoms with Crippen molar-refractivity contribution in [1.82, 2.24) is 10.2 Å². The third kappa shape index (κ3) is 5.25. The van der Waals surface area contributed by atoms with Crippen molar-refractivity contribution >= 4 is 12.0 Å². The van der Waals surface area contributed by atoms with Crippen LogP contribution >= 0.6 is 0 Å². The summed E-state index contributed by atoms with van der Waals surface area (Å²) in [6.45, 7) is 5.07. The zero-order chi connectivity index (χ0) is 17.5. The Balaban J connectivity index is 2.00. The van der Waals surface area contributed by atoms with Gasteiger partial charge >= 0.3 is 12.0 Å². The van der Waals surface area contributed by atoms with Gasteiger partial charge in [-0.25, -0.2) is 4.79 Å². The average molecular weight is 332 g/mol. The summed E-state index contributed by atoms with van der Waals surface area (Å²) < 4.78 is 0. The Morgan fingerprint density at radius 3 is 2.62 bits per heavy atom. The molecule has 1 aromatic carbocycles. The van der Waals surface area contributed by atoms with Crippen LogP contribution in [0.4, 0.5) is 4.79 Å². The first kappa shape index (κ1) is 18.3. The summed E-state index contributed by atoms with van der Waals surface area (Å²) in [4.78, 5) is 25.5. The molecule has 2 rings (SSSR count). The number of nitrogens with zero attached hydrogens (tertiary/aromatic N) is 1. The summed E-state index contributed by atoms with van der Waals surface area (Å²) in [6.07, 6.45) is 3.24. The predicted octanol–water partition coefficient (Wildman–Crippen LogP) is 3.29. The molecule has 5 heteroatoms. The smallest absolute Gasteiger partial charge is 0.317 e. The first-order valence-electron chi connectivity index (χ1n) is 8.80. The maximum atomic E-state index is 12.7. The van der Waals surface area contributed by atoms with Crippen molar-refractivity contribution in [2.24, 2.45) is 5.92 Å². The van der Waals surface area contributed by atoms with Gasteiger partial charge in [-0.2, -0.15) is 0 Å². The number of urea groups is 1. The minimum Gasteiger partial charge on any atom is -0.481 e. The van der Waals surface area contributed by atoms with Crippen LogP contribution < -0.4 is 5.32 Å². The number of carbonyl (C=O) groups excluding carboxylic acids is 1. The zero-order valence-electron chi connectivity index (χ0n) is 14.6. The number of carbonyl (C=O) groups is 2. The molecule has 1 saturated heterocycles. The quantitative estimate of drug-likeness (QED) is 0.805. The summed E-state index contributed by atoms with van der Waals surface area (Å²) in [5.74, 6) is -0.395. The number of carboxylic acid groups (broad SMARTS) is 1. The van der Waals surface area contributed by atoms with Gasteiger partial charge in [0.1, 0.15) is 0 Å². The van der Waals surface area contributed by atoms with E-state index in [0.29, 0.717) is 18.8 Å². The van der Waals surface area contributed by atoms with Crippen molar-refractivity contribution in [3.05, 3.63) is 35.9 Å². The van der Waals surface area contributed by atoms with E-state index in [-0.39, 0.29) is 24.5 Å². The van der Waals surface area contributed by atoms with E-state index in [0.717, 1.165) is 24.9 Å². The van der Waals surface area contributed by atoms with Crippen LogP contribution in [0.15, 0.2) is 30.3 Å². The molecule has 1 aromatic rings. The van der Waals surface area contributed by atoms with Crippen molar-refractivity contribution in [3.8, 4) is 0 Å². The lowest BCUT2D eigenvalue weighted by Crippen LogP contribution is -2.48. The molecule has 0 saturated carbocycles. The lowest BCUT2D eigenvalue weighted by atomic mass is 10.0.